The molecule has 0 amide bonds. The molecule has 0 aromatic heterocycles. The minimum Gasteiger partial charge on any atom is -0.383 e. The van der Waals surface area contributed by atoms with Gasteiger partial charge in [0.25, 0.3) is 0 Å². The maximum absolute atomic E-state index is 5.03. The number of ether oxygens (including phenoxy) is 1. The van der Waals surface area contributed by atoms with Gasteiger partial charge in [-0.1, -0.05) is 13.3 Å². The summed E-state index contributed by atoms with van der Waals surface area (Å²) in [4.78, 5) is 0. The Labute approximate surface area is 86.8 Å². The topological polar surface area (TPSA) is 21.3 Å². The van der Waals surface area contributed by atoms with E-state index in [2.05, 4.69) is 19.2 Å². The van der Waals surface area contributed by atoms with Gasteiger partial charge in [-0.05, 0) is 19.1 Å². The fraction of sp³-hybridized carbons (Fsp3) is 1.00. The molecule has 0 bridgehead atoms. The van der Waals surface area contributed by atoms with Gasteiger partial charge in [0, 0.05) is 25.4 Å². The molecule has 2 nitrogen and oxygen atoms in total. The average molecular weight is 205 g/mol. The van der Waals surface area contributed by atoms with Crippen LogP contribution in [0.15, 0.2) is 0 Å². The zero-order valence-corrected chi connectivity index (χ0v) is 9.95. The molecule has 1 N–H and O–H groups in total. The fourth-order valence-electron chi connectivity index (χ4n) is 1.03. The van der Waals surface area contributed by atoms with Gasteiger partial charge in [0.05, 0.1) is 6.61 Å². The molecule has 0 heterocycles. The minimum absolute atomic E-state index is 0.483. The number of rotatable bonds is 9. The lowest BCUT2D eigenvalue weighted by Gasteiger charge is -2.11. The van der Waals surface area contributed by atoms with Crippen molar-refractivity contribution in [3.05, 3.63) is 0 Å². The maximum Gasteiger partial charge on any atom is 0.0613 e. The second kappa shape index (κ2) is 10.4. The number of unbranched alkanes of at least 4 members (excludes halogenated alkanes) is 1. The smallest absolute Gasteiger partial charge is 0.0613 e. The van der Waals surface area contributed by atoms with E-state index in [1.165, 1.54) is 24.3 Å². The maximum atomic E-state index is 5.03. The highest BCUT2D eigenvalue weighted by Gasteiger charge is 1.98. The second-order valence-corrected chi connectivity index (χ2v) is 4.50. The normalized spacial score (nSPS) is 13.2. The van der Waals surface area contributed by atoms with Crippen LogP contribution in [-0.2, 0) is 4.74 Å². The first-order valence-electron chi connectivity index (χ1n) is 5.11. The highest BCUT2D eigenvalue weighted by Crippen LogP contribution is 2.02. The van der Waals surface area contributed by atoms with Crippen LogP contribution in [0, 0.1) is 0 Å². The summed E-state index contributed by atoms with van der Waals surface area (Å²) in [6, 6.07) is 0.483. The Bertz CT molecular complexity index is 101. The predicted molar refractivity (Wildman–Crippen MR) is 61.6 cm³/mol. The first-order chi connectivity index (χ1) is 6.31. The van der Waals surface area contributed by atoms with E-state index in [0.29, 0.717) is 6.04 Å². The Hall–Kier alpha value is 0.270. The lowest BCUT2D eigenvalue weighted by molar-refractivity contribution is 0.173. The van der Waals surface area contributed by atoms with Crippen LogP contribution in [0.4, 0.5) is 0 Å². The first-order valence-corrected chi connectivity index (χ1v) is 6.26. The number of nitrogens with one attached hydrogen (secondary N) is 1. The molecule has 0 rings (SSSR count). The van der Waals surface area contributed by atoms with Crippen LogP contribution < -0.4 is 5.32 Å². The fourth-order valence-corrected chi connectivity index (χ4v) is 1.99. The third-order valence-electron chi connectivity index (χ3n) is 1.80. The summed E-state index contributed by atoms with van der Waals surface area (Å²) < 4.78 is 5.03. The minimum atomic E-state index is 0.483. The second-order valence-electron chi connectivity index (χ2n) is 3.28. The van der Waals surface area contributed by atoms with E-state index in [1.807, 2.05) is 11.8 Å². The molecule has 0 saturated heterocycles. The third-order valence-corrected chi connectivity index (χ3v) is 2.87. The van der Waals surface area contributed by atoms with Crippen molar-refractivity contribution >= 4 is 11.8 Å². The summed E-state index contributed by atoms with van der Waals surface area (Å²) in [5.74, 6) is 2.52. The van der Waals surface area contributed by atoms with Gasteiger partial charge in [0.2, 0.25) is 0 Å². The zero-order valence-electron chi connectivity index (χ0n) is 9.14. The molecular weight excluding hydrogens is 182 g/mol. The zero-order chi connectivity index (χ0) is 9.94. The molecule has 1 unspecified atom stereocenters. The predicted octanol–water partition coefficient (Wildman–Crippen LogP) is 2.14. The summed E-state index contributed by atoms with van der Waals surface area (Å²) in [7, 11) is 1.74. The van der Waals surface area contributed by atoms with Crippen LogP contribution in [0.5, 0.6) is 0 Å². The van der Waals surface area contributed by atoms with E-state index < -0.39 is 0 Å². The molecule has 0 spiro atoms. The lowest BCUT2D eigenvalue weighted by Crippen LogP contribution is -2.31. The summed E-state index contributed by atoms with van der Waals surface area (Å²) in [6.45, 7) is 6.29. The van der Waals surface area contributed by atoms with Crippen LogP contribution >= 0.6 is 11.8 Å². The van der Waals surface area contributed by atoms with Gasteiger partial charge >= 0.3 is 0 Å². The van der Waals surface area contributed by atoms with E-state index in [9.17, 15) is 0 Å². The van der Waals surface area contributed by atoms with Gasteiger partial charge < -0.3 is 10.1 Å². The molecular formula is C10H23NOS. The summed E-state index contributed by atoms with van der Waals surface area (Å²) >= 11 is 2.03. The Balaban J connectivity index is 2.97. The van der Waals surface area contributed by atoms with Gasteiger partial charge in [-0.2, -0.15) is 11.8 Å². The van der Waals surface area contributed by atoms with Crippen LogP contribution in [0.25, 0.3) is 0 Å². The van der Waals surface area contributed by atoms with Crippen molar-refractivity contribution < 1.29 is 4.74 Å². The molecule has 0 aliphatic rings. The number of thioether (sulfide) groups is 1. The van der Waals surface area contributed by atoms with E-state index >= 15 is 0 Å². The van der Waals surface area contributed by atoms with Crippen molar-refractivity contribution in [3.63, 3.8) is 0 Å². The van der Waals surface area contributed by atoms with Crippen LogP contribution in [0.3, 0.4) is 0 Å². The van der Waals surface area contributed by atoms with Crippen molar-refractivity contribution in [1.29, 1.82) is 0 Å². The molecule has 0 radical (unpaired) electrons. The van der Waals surface area contributed by atoms with E-state index in [-0.39, 0.29) is 0 Å². The third kappa shape index (κ3) is 10.2. The molecule has 0 fully saturated rings. The molecule has 3 heteroatoms. The molecule has 80 valence electrons. The monoisotopic (exact) mass is 205 g/mol. The van der Waals surface area contributed by atoms with Gasteiger partial charge in [-0.15, -0.1) is 0 Å². The van der Waals surface area contributed by atoms with Crippen LogP contribution in [-0.4, -0.2) is 37.8 Å². The molecule has 0 saturated carbocycles. The summed E-state index contributed by atoms with van der Waals surface area (Å²) in [5, 5.41) is 3.41. The van der Waals surface area contributed by atoms with Gasteiger partial charge in [0.15, 0.2) is 0 Å². The number of hydrogen-bond donors (Lipinski definition) is 1. The lowest BCUT2D eigenvalue weighted by atomic mass is 10.4. The van der Waals surface area contributed by atoms with E-state index in [4.69, 9.17) is 4.74 Å². The van der Waals surface area contributed by atoms with E-state index in [0.717, 1.165) is 13.2 Å². The quantitative estimate of drug-likeness (QED) is 0.583. The van der Waals surface area contributed by atoms with Gasteiger partial charge in [-0.3, -0.25) is 0 Å². The van der Waals surface area contributed by atoms with Crippen LogP contribution in [0.2, 0.25) is 0 Å². The Morgan fingerprint density at radius 1 is 1.38 bits per heavy atom. The average Bonchev–Trinajstić information content (AvgIpc) is 2.11. The Kier molecular flexibility index (Phi) is 10.6. The Morgan fingerprint density at radius 3 is 2.77 bits per heavy atom. The molecule has 0 aromatic rings. The molecule has 13 heavy (non-hydrogen) atoms. The standard InChI is InChI=1S/C10H23NOS/c1-4-5-7-13-8-6-11-10(2)9-12-3/h10-11H,4-9H2,1-3H3. The van der Waals surface area contributed by atoms with Crippen molar-refractivity contribution in [1.82, 2.24) is 5.32 Å². The molecule has 1 atom stereocenters. The summed E-state index contributed by atoms with van der Waals surface area (Å²) in [6.07, 6.45) is 2.65. The van der Waals surface area contributed by atoms with Crippen LogP contribution in [0.1, 0.15) is 26.7 Å². The van der Waals surface area contributed by atoms with Crippen molar-refractivity contribution in [2.75, 3.05) is 31.8 Å². The van der Waals surface area contributed by atoms with Crippen molar-refractivity contribution in [2.24, 2.45) is 0 Å². The van der Waals surface area contributed by atoms with Crippen molar-refractivity contribution in [2.45, 2.75) is 32.7 Å². The largest absolute Gasteiger partial charge is 0.383 e. The van der Waals surface area contributed by atoms with Gasteiger partial charge in [-0.25, -0.2) is 0 Å². The Morgan fingerprint density at radius 2 is 2.15 bits per heavy atom. The highest BCUT2D eigenvalue weighted by atomic mass is 32.2. The summed E-state index contributed by atoms with van der Waals surface area (Å²) in [5.41, 5.74) is 0. The number of hydrogen-bond acceptors (Lipinski definition) is 3. The molecule has 0 aliphatic heterocycles. The SMILES string of the molecule is CCCCSCCNC(C)COC. The molecule has 0 aromatic carbocycles. The van der Waals surface area contributed by atoms with Gasteiger partial charge in [0.1, 0.15) is 0 Å². The first kappa shape index (κ1) is 13.3. The molecule has 0 aliphatic carbocycles. The highest BCUT2D eigenvalue weighted by molar-refractivity contribution is 7.99. The van der Waals surface area contributed by atoms with Crippen molar-refractivity contribution in [3.8, 4) is 0 Å². The number of methoxy groups -OCH3 is 1. The van der Waals surface area contributed by atoms with E-state index in [1.54, 1.807) is 7.11 Å².